The van der Waals surface area contributed by atoms with Gasteiger partial charge in [0.1, 0.15) is 12.4 Å². The summed E-state index contributed by atoms with van der Waals surface area (Å²) in [6.07, 6.45) is 7.50. The van der Waals surface area contributed by atoms with E-state index < -0.39 is 0 Å². The third-order valence-corrected chi connectivity index (χ3v) is 5.30. The van der Waals surface area contributed by atoms with Gasteiger partial charge in [-0.3, -0.25) is 0 Å². The van der Waals surface area contributed by atoms with Crippen molar-refractivity contribution in [3.8, 4) is 5.75 Å². The highest BCUT2D eigenvalue weighted by molar-refractivity contribution is 6.20. The first kappa shape index (κ1) is 16.4. The van der Waals surface area contributed by atoms with E-state index in [-0.39, 0.29) is 5.38 Å². The maximum Gasteiger partial charge on any atom is 0.123 e. The van der Waals surface area contributed by atoms with Crippen molar-refractivity contribution in [1.29, 1.82) is 0 Å². The zero-order valence-electron chi connectivity index (χ0n) is 13.6. The predicted octanol–water partition coefficient (Wildman–Crippen LogP) is 6.00. The molecular weight excluding hydrogens is 304 g/mol. The molecule has 0 aromatic heterocycles. The maximum atomic E-state index is 6.73. The van der Waals surface area contributed by atoms with Crippen molar-refractivity contribution in [2.75, 3.05) is 0 Å². The Morgan fingerprint density at radius 1 is 0.913 bits per heavy atom. The minimum atomic E-state index is 0.219. The number of benzene rings is 2. The van der Waals surface area contributed by atoms with Crippen molar-refractivity contribution in [3.05, 3.63) is 65.7 Å². The van der Waals surface area contributed by atoms with Gasteiger partial charge < -0.3 is 4.74 Å². The van der Waals surface area contributed by atoms with Gasteiger partial charge in [-0.25, -0.2) is 0 Å². The molecule has 0 saturated heterocycles. The van der Waals surface area contributed by atoms with Crippen LogP contribution in [0.15, 0.2) is 54.6 Å². The lowest BCUT2D eigenvalue weighted by Gasteiger charge is -2.26. The molecule has 2 aromatic carbocycles. The molecule has 2 aromatic rings. The molecule has 0 spiro atoms. The van der Waals surface area contributed by atoms with E-state index in [0.29, 0.717) is 12.5 Å². The van der Waals surface area contributed by atoms with Crippen LogP contribution in [-0.4, -0.2) is 5.38 Å². The molecule has 0 bridgehead atoms. The van der Waals surface area contributed by atoms with Crippen LogP contribution >= 0.6 is 11.6 Å². The van der Waals surface area contributed by atoms with E-state index in [1.165, 1.54) is 43.2 Å². The molecule has 3 rings (SSSR count). The standard InChI is InChI=1S/C21H25ClO/c22-20(18-11-5-2-6-12-18)15-19-13-7-8-14-21(19)23-16-17-9-3-1-4-10-17/h1,3-4,7-10,13-14,18,20H,2,5-6,11-12,15-16H2. The Morgan fingerprint density at radius 2 is 1.61 bits per heavy atom. The van der Waals surface area contributed by atoms with E-state index in [4.69, 9.17) is 16.3 Å². The largest absolute Gasteiger partial charge is 0.489 e. The van der Waals surface area contributed by atoms with Crippen molar-refractivity contribution < 1.29 is 4.74 Å². The van der Waals surface area contributed by atoms with Gasteiger partial charge in [0, 0.05) is 5.38 Å². The number of halogens is 1. The van der Waals surface area contributed by atoms with Gasteiger partial charge in [0.25, 0.3) is 0 Å². The lowest BCUT2D eigenvalue weighted by Crippen LogP contribution is -2.20. The Hall–Kier alpha value is -1.47. The fourth-order valence-corrected chi connectivity index (χ4v) is 3.84. The molecule has 23 heavy (non-hydrogen) atoms. The van der Waals surface area contributed by atoms with Gasteiger partial charge in [-0.2, -0.15) is 0 Å². The van der Waals surface area contributed by atoms with Gasteiger partial charge in [0.2, 0.25) is 0 Å². The smallest absolute Gasteiger partial charge is 0.123 e. The van der Waals surface area contributed by atoms with Gasteiger partial charge in [-0.1, -0.05) is 67.8 Å². The van der Waals surface area contributed by atoms with E-state index in [2.05, 4.69) is 30.3 Å². The predicted molar refractivity (Wildman–Crippen MR) is 97.1 cm³/mol. The normalized spacial score (nSPS) is 16.9. The van der Waals surface area contributed by atoms with Crippen LogP contribution in [0, 0.1) is 5.92 Å². The van der Waals surface area contributed by atoms with Gasteiger partial charge in [-0.05, 0) is 42.4 Å². The van der Waals surface area contributed by atoms with Crippen LogP contribution in [0.1, 0.15) is 43.2 Å². The average Bonchev–Trinajstić information content (AvgIpc) is 2.62. The third-order valence-electron chi connectivity index (χ3n) is 4.79. The number of rotatable bonds is 6. The summed E-state index contributed by atoms with van der Waals surface area (Å²) in [7, 11) is 0. The quantitative estimate of drug-likeness (QED) is 0.591. The first-order valence-electron chi connectivity index (χ1n) is 8.71. The molecule has 0 amide bonds. The Bertz CT molecular complexity index is 590. The summed E-state index contributed by atoms with van der Waals surface area (Å²) in [5.74, 6) is 1.63. The summed E-state index contributed by atoms with van der Waals surface area (Å²) in [6.45, 7) is 0.605. The molecule has 122 valence electrons. The maximum absolute atomic E-state index is 6.73. The van der Waals surface area contributed by atoms with E-state index in [0.717, 1.165) is 12.2 Å². The Morgan fingerprint density at radius 3 is 2.39 bits per heavy atom. The highest BCUT2D eigenvalue weighted by Crippen LogP contribution is 2.32. The van der Waals surface area contributed by atoms with Crippen LogP contribution in [0.4, 0.5) is 0 Å². The van der Waals surface area contributed by atoms with Crippen LogP contribution in [-0.2, 0) is 13.0 Å². The summed E-state index contributed by atoms with van der Waals surface area (Å²) in [6, 6.07) is 18.6. The highest BCUT2D eigenvalue weighted by atomic mass is 35.5. The third kappa shape index (κ3) is 4.75. The van der Waals surface area contributed by atoms with Gasteiger partial charge in [0.15, 0.2) is 0 Å². The molecule has 0 N–H and O–H groups in total. The first-order valence-corrected chi connectivity index (χ1v) is 9.15. The lowest BCUT2D eigenvalue weighted by molar-refractivity contribution is 0.299. The summed E-state index contributed by atoms with van der Waals surface area (Å²) < 4.78 is 6.05. The van der Waals surface area contributed by atoms with E-state index >= 15 is 0 Å². The molecule has 1 saturated carbocycles. The molecule has 2 heteroatoms. The molecule has 0 radical (unpaired) electrons. The number of hydrogen-bond donors (Lipinski definition) is 0. The zero-order valence-corrected chi connectivity index (χ0v) is 14.3. The highest BCUT2D eigenvalue weighted by Gasteiger charge is 2.22. The molecule has 0 heterocycles. The Labute approximate surface area is 144 Å². The number of alkyl halides is 1. The molecule has 0 aliphatic heterocycles. The molecule has 1 fully saturated rings. The second kappa shape index (κ2) is 8.40. The SMILES string of the molecule is ClC(Cc1ccccc1OCc1ccccc1)C1CCCCC1. The minimum Gasteiger partial charge on any atom is -0.489 e. The second-order valence-electron chi connectivity index (χ2n) is 6.50. The van der Waals surface area contributed by atoms with Crippen LogP contribution in [0.5, 0.6) is 5.75 Å². The van der Waals surface area contributed by atoms with Crippen LogP contribution in [0.2, 0.25) is 0 Å². The van der Waals surface area contributed by atoms with Crippen molar-refractivity contribution in [3.63, 3.8) is 0 Å². The lowest BCUT2D eigenvalue weighted by atomic mass is 9.85. The fraction of sp³-hybridized carbons (Fsp3) is 0.429. The number of ether oxygens (including phenoxy) is 1. The molecule has 1 unspecified atom stereocenters. The Kier molecular flexibility index (Phi) is 5.99. The first-order chi connectivity index (χ1) is 11.3. The van der Waals surface area contributed by atoms with Gasteiger partial charge in [-0.15, -0.1) is 11.6 Å². The second-order valence-corrected chi connectivity index (χ2v) is 7.06. The monoisotopic (exact) mass is 328 g/mol. The topological polar surface area (TPSA) is 9.23 Å². The number of hydrogen-bond acceptors (Lipinski definition) is 1. The molecule has 1 nitrogen and oxygen atoms in total. The van der Waals surface area contributed by atoms with Crippen molar-refractivity contribution >= 4 is 11.6 Å². The summed E-state index contributed by atoms with van der Waals surface area (Å²) >= 11 is 6.73. The summed E-state index contributed by atoms with van der Waals surface area (Å²) in [5, 5.41) is 0.219. The van der Waals surface area contributed by atoms with Crippen molar-refractivity contribution in [1.82, 2.24) is 0 Å². The number of para-hydroxylation sites is 1. The molecule has 1 atom stereocenters. The van der Waals surface area contributed by atoms with E-state index in [1.54, 1.807) is 0 Å². The van der Waals surface area contributed by atoms with Crippen LogP contribution < -0.4 is 4.74 Å². The van der Waals surface area contributed by atoms with Crippen molar-refractivity contribution in [2.45, 2.75) is 50.5 Å². The van der Waals surface area contributed by atoms with Gasteiger partial charge in [0.05, 0.1) is 0 Å². The van der Waals surface area contributed by atoms with Crippen molar-refractivity contribution in [2.24, 2.45) is 5.92 Å². The Balaban J connectivity index is 1.63. The summed E-state index contributed by atoms with van der Waals surface area (Å²) in [5.41, 5.74) is 2.42. The van der Waals surface area contributed by atoms with E-state index in [1.807, 2.05) is 24.3 Å². The van der Waals surface area contributed by atoms with Gasteiger partial charge >= 0.3 is 0 Å². The molecule has 1 aliphatic rings. The van der Waals surface area contributed by atoms with Crippen LogP contribution in [0.25, 0.3) is 0 Å². The summed E-state index contributed by atoms with van der Waals surface area (Å²) in [4.78, 5) is 0. The average molecular weight is 329 g/mol. The fourth-order valence-electron chi connectivity index (χ4n) is 3.42. The minimum absolute atomic E-state index is 0.219. The van der Waals surface area contributed by atoms with Crippen LogP contribution in [0.3, 0.4) is 0 Å². The molecular formula is C21H25ClO. The zero-order chi connectivity index (χ0) is 15.9. The van der Waals surface area contributed by atoms with E-state index in [9.17, 15) is 0 Å². The molecule has 1 aliphatic carbocycles.